The normalized spacial score (nSPS) is 11.2. The maximum Gasteiger partial charge on any atom is 0.0945 e. The van der Waals surface area contributed by atoms with Crippen molar-refractivity contribution in [1.82, 2.24) is 24.5 Å². The Morgan fingerprint density at radius 2 is 2.21 bits per heavy atom. The van der Waals surface area contributed by atoms with Gasteiger partial charge in [-0.1, -0.05) is 6.07 Å². The first-order valence-electron chi connectivity index (χ1n) is 6.51. The van der Waals surface area contributed by atoms with Crippen molar-refractivity contribution >= 4 is 5.52 Å². The van der Waals surface area contributed by atoms with E-state index in [1.54, 1.807) is 0 Å². The molecule has 5 nitrogen and oxygen atoms in total. The Hall–Kier alpha value is -2.14. The average molecular weight is 255 g/mol. The van der Waals surface area contributed by atoms with E-state index in [1.807, 2.05) is 47.8 Å². The standard InChI is InChI=1S/C14H17N5/c1-2-8-19-14(4-1)13(11-17-19)10-15-5-3-7-18-9-6-16-12-18/h1-2,4,6,8-9,11-12,15H,3,5,7,10H2. The summed E-state index contributed by atoms with van der Waals surface area (Å²) in [7, 11) is 0. The number of nitrogens with zero attached hydrogens (tertiary/aromatic N) is 4. The fraction of sp³-hybridized carbons (Fsp3) is 0.286. The molecule has 3 aromatic heterocycles. The average Bonchev–Trinajstić information content (AvgIpc) is 3.08. The second-order valence-corrected chi connectivity index (χ2v) is 4.53. The third kappa shape index (κ3) is 2.82. The van der Waals surface area contributed by atoms with Gasteiger partial charge >= 0.3 is 0 Å². The zero-order chi connectivity index (χ0) is 12.9. The summed E-state index contributed by atoms with van der Waals surface area (Å²) in [6.07, 6.45) is 10.6. The largest absolute Gasteiger partial charge is 0.337 e. The number of aromatic nitrogens is 4. The van der Waals surface area contributed by atoms with Gasteiger partial charge in [-0.2, -0.15) is 5.10 Å². The first kappa shape index (κ1) is 11.9. The Kier molecular flexibility index (Phi) is 3.56. The lowest BCUT2D eigenvalue weighted by Crippen LogP contribution is -2.16. The van der Waals surface area contributed by atoms with E-state index in [0.717, 1.165) is 26.1 Å². The first-order valence-corrected chi connectivity index (χ1v) is 6.51. The lowest BCUT2D eigenvalue weighted by Gasteiger charge is -2.04. The molecule has 19 heavy (non-hydrogen) atoms. The second-order valence-electron chi connectivity index (χ2n) is 4.53. The Balaban J connectivity index is 1.47. The maximum absolute atomic E-state index is 4.32. The third-order valence-corrected chi connectivity index (χ3v) is 3.15. The number of imidazole rings is 1. The van der Waals surface area contributed by atoms with Crippen molar-refractivity contribution in [3.63, 3.8) is 0 Å². The van der Waals surface area contributed by atoms with Crippen LogP contribution in [0.1, 0.15) is 12.0 Å². The summed E-state index contributed by atoms with van der Waals surface area (Å²) < 4.78 is 4.00. The molecule has 0 aromatic carbocycles. The number of hydrogen-bond acceptors (Lipinski definition) is 3. The molecule has 3 heterocycles. The van der Waals surface area contributed by atoms with Crippen LogP contribution in [0.4, 0.5) is 0 Å². The molecule has 3 rings (SSSR count). The van der Waals surface area contributed by atoms with Crippen molar-refractivity contribution in [2.24, 2.45) is 0 Å². The molecule has 3 aromatic rings. The Labute approximate surface area is 111 Å². The summed E-state index contributed by atoms with van der Waals surface area (Å²) >= 11 is 0. The lowest BCUT2D eigenvalue weighted by atomic mass is 10.2. The molecule has 0 spiro atoms. The minimum atomic E-state index is 0.859. The molecule has 0 radical (unpaired) electrons. The van der Waals surface area contributed by atoms with Crippen LogP contribution in [0.25, 0.3) is 5.52 Å². The SMILES string of the molecule is c1ccn2ncc(CNCCCn3ccnc3)c2c1. The van der Waals surface area contributed by atoms with Gasteiger partial charge in [0.25, 0.3) is 0 Å². The predicted octanol–water partition coefficient (Wildman–Crippen LogP) is 1.71. The molecule has 1 N–H and O–H groups in total. The van der Waals surface area contributed by atoms with E-state index >= 15 is 0 Å². The van der Waals surface area contributed by atoms with Crippen molar-refractivity contribution in [2.45, 2.75) is 19.5 Å². The quantitative estimate of drug-likeness (QED) is 0.682. The lowest BCUT2D eigenvalue weighted by molar-refractivity contribution is 0.581. The molecule has 0 aliphatic carbocycles. The molecule has 0 aliphatic rings. The van der Waals surface area contributed by atoms with E-state index < -0.39 is 0 Å². The van der Waals surface area contributed by atoms with Crippen molar-refractivity contribution in [1.29, 1.82) is 0 Å². The minimum Gasteiger partial charge on any atom is -0.337 e. The van der Waals surface area contributed by atoms with Crippen molar-refractivity contribution < 1.29 is 0 Å². The van der Waals surface area contributed by atoms with Crippen LogP contribution < -0.4 is 5.32 Å². The van der Waals surface area contributed by atoms with Gasteiger partial charge in [-0.25, -0.2) is 9.50 Å². The maximum atomic E-state index is 4.32. The molecule has 5 heteroatoms. The molecule has 0 aliphatic heterocycles. The third-order valence-electron chi connectivity index (χ3n) is 3.15. The smallest absolute Gasteiger partial charge is 0.0945 e. The monoisotopic (exact) mass is 255 g/mol. The second kappa shape index (κ2) is 5.67. The molecule has 0 saturated heterocycles. The van der Waals surface area contributed by atoms with Crippen LogP contribution in [0, 0.1) is 0 Å². The number of hydrogen-bond donors (Lipinski definition) is 1. The number of aryl methyl sites for hydroxylation is 1. The van der Waals surface area contributed by atoms with Gasteiger partial charge in [0, 0.05) is 37.2 Å². The summed E-state index contributed by atoms with van der Waals surface area (Å²) in [4.78, 5) is 4.03. The van der Waals surface area contributed by atoms with Gasteiger partial charge in [0.1, 0.15) is 0 Å². The Morgan fingerprint density at radius 1 is 1.21 bits per heavy atom. The fourth-order valence-electron chi connectivity index (χ4n) is 2.15. The van der Waals surface area contributed by atoms with Crippen LogP contribution >= 0.6 is 0 Å². The summed E-state index contributed by atoms with van der Waals surface area (Å²) in [5.41, 5.74) is 2.41. The van der Waals surface area contributed by atoms with Gasteiger partial charge in [0.2, 0.25) is 0 Å². The summed E-state index contributed by atoms with van der Waals surface area (Å²) in [6, 6.07) is 6.12. The summed E-state index contributed by atoms with van der Waals surface area (Å²) in [5, 5.41) is 7.78. The van der Waals surface area contributed by atoms with Crippen LogP contribution in [0.5, 0.6) is 0 Å². The van der Waals surface area contributed by atoms with Gasteiger partial charge in [-0.05, 0) is 25.1 Å². The highest BCUT2D eigenvalue weighted by atomic mass is 15.2. The zero-order valence-electron chi connectivity index (χ0n) is 10.7. The molecular weight excluding hydrogens is 238 g/mol. The summed E-state index contributed by atoms with van der Waals surface area (Å²) in [5.74, 6) is 0. The van der Waals surface area contributed by atoms with Crippen LogP contribution in [-0.4, -0.2) is 25.7 Å². The molecule has 0 saturated carbocycles. The van der Waals surface area contributed by atoms with E-state index in [2.05, 4.69) is 26.0 Å². The van der Waals surface area contributed by atoms with Gasteiger partial charge in [-0.3, -0.25) is 0 Å². The molecule has 0 fully saturated rings. The number of rotatable bonds is 6. The highest BCUT2D eigenvalue weighted by Crippen LogP contribution is 2.09. The van der Waals surface area contributed by atoms with Crippen LogP contribution in [0.2, 0.25) is 0 Å². The van der Waals surface area contributed by atoms with E-state index in [-0.39, 0.29) is 0 Å². The van der Waals surface area contributed by atoms with Crippen molar-refractivity contribution in [2.75, 3.05) is 6.54 Å². The molecule has 0 bridgehead atoms. The van der Waals surface area contributed by atoms with Gasteiger partial charge in [-0.15, -0.1) is 0 Å². The van der Waals surface area contributed by atoms with E-state index in [4.69, 9.17) is 0 Å². The van der Waals surface area contributed by atoms with Gasteiger partial charge < -0.3 is 9.88 Å². The van der Waals surface area contributed by atoms with Crippen LogP contribution in [0.15, 0.2) is 49.3 Å². The molecule has 0 unspecified atom stereocenters. The molecule has 0 atom stereocenters. The predicted molar refractivity (Wildman–Crippen MR) is 73.7 cm³/mol. The molecule has 98 valence electrons. The Morgan fingerprint density at radius 3 is 3.11 bits per heavy atom. The number of pyridine rings is 1. The first-order chi connectivity index (χ1) is 9.43. The van der Waals surface area contributed by atoms with Crippen LogP contribution in [0.3, 0.4) is 0 Å². The van der Waals surface area contributed by atoms with E-state index in [1.165, 1.54) is 11.1 Å². The highest BCUT2D eigenvalue weighted by molar-refractivity contribution is 5.53. The number of nitrogens with one attached hydrogen (secondary N) is 1. The van der Waals surface area contributed by atoms with Crippen molar-refractivity contribution in [3.05, 3.63) is 54.9 Å². The molecular formula is C14H17N5. The van der Waals surface area contributed by atoms with E-state index in [0.29, 0.717) is 0 Å². The zero-order valence-corrected chi connectivity index (χ0v) is 10.7. The number of fused-ring (bicyclic) bond motifs is 1. The fourth-order valence-corrected chi connectivity index (χ4v) is 2.15. The van der Waals surface area contributed by atoms with Crippen LogP contribution in [-0.2, 0) is 13.1 Å². The van der Waals surface area contributed by atoms with Gasteiger partial charge in [0.05, 0.1) is 18.0 Å². The van der Waals surface area contributed by atoms with E-state index in [9.17, 15) is 0 Å². The Bertz CT molecular complexity index is 626. The highest BCUT2D eigenvalue weighted by Gasteiger charge is 2.01. The topological polar surface area (TPSA) is 47.1 Å². The van der Waals surface area contributed by atoms with Crippen molar-refractivity contribution in [3.8, 4) is 0 Å². The summed E-state index contributed by atoms with van der Waals surface area (Å²) in [6.45, 7) is 2.85. The minimum absolute atomic E-state index is 0.859. The molecule has 0 amide bonds. The van der Waals surface area contributed by atoms with Gasteiger partial charge in [0.15, 0.2) is 0 Å².